The van der Waals surface area contributed by atoms with E-state index in [-0.39, 0.29) is 12.1 Å². The highest BCUT2D eigenvalue weighted by Crippen LogP contribution is 2.29. The Morgan fingerprint density at radius 3 is 1.19 bits per heavy atom. The normalized spacial score (nSPS) is 17.8. The fourth-order valence-electron chi connectivity index (χ4n) is 3.44. The Hall–Kier alpha value is 0.571. The zero-order chi connectivity index (χ0) is 29.8. The van der Waals surface area contributed by atoms with E-state index in [0.717, 1.165) is 0 Å². The van der Waals surface area contributed by atoms with Gasteiger partial charge in [0.15, 0.2) is 47.7 Å². The molecule has 0 fully saturated rings. The molecule has 0 radical (unpaired) electrons. The lowest BCUT2D eigenvalue weighted by molar-refractivity contribution is -0.155. The summed E-state index contributed by atoms with van der Waals surface area (Å²) < 4.78 is 39.6. The van der Waals surface area contributed by atoms with Crippen molar-refractivity contribution in [2.75, 3.05) is 6.61 Å². The summed E-state index contributed by atoms with van der Waals surface area (Å²) in [7, 11) is -12.5. The molecule has 0 saturated carbocycles. The summed E-state index contributed by atoms with van der Waals surface area (Å²) in [6.07, 6.45) is -2.48. The highest BCUT2D eigenvalue weighted by molar-refractivity contribution is 6.72. The summed E-state index contributed by atoms with van der Waals surface area (Å²) in [6.45, 7) is 38.6. The summed E-state index contributed by atoms with van der Waals surface area (Å²) in [5.41, 5.74) is 0. The van der Waals surface area contributed by atoms with E-state index in [4.69, 9.17) is 26.6 Å². The van der Waals surface area contributed by atoms with Crippen molar-refractivity contribution >= 4 is 55.9 Å². The zero-order valence-corrected chi connectivity index (χ0v) is 33.4. The summed E-state index contributed by atoms with van der Waals surface area (Å²) >= 11 is 0. The van der Waals surface area contributed by atoms with Gasteiger partial charge < -0.3 is 26.6 Å². The fraction of sp³-hybridized carbons (Fsp3) is 0.958. The largest absolute Gasteiger partial charge is 0.518 e. The van der Waals surface area contributed by atoms with Crippen molar-refractivity contribution < 1.29 is 31.4 Å². The van der Waals surface area contributed by atoms with Gasteiger partial charge >= 0.3 is 5.97 Å². The van der Waals surface area contributed by atoms with Crippen molar-refractivity contribution in [1.82, 2.24) is 0 Å². The topological polar surface area (TPSA) is 72.5 Å². The van der Waals surface area contributed by atoms with Gasteiger partial charge in [0.25, 0.3) is 0 Å². The Morgan fingerprint density at radius 2 is 0.865 bits per heavy atom. The summed E-state index contributed by atoms with van der Waals surface area (Å²) in [4.78, 5) is 13.8. The van der Waals surface area contributed by atoms with Gasteiger partial charge in [-0.15, -0.1) is 0 Å². The van der Waals surface area contributed by atoms with Crippen LogP contribution in [0, 0.1) is 0 Å². The maximum absolute atomic E-state index is 13.8. The van der Waals surface area contributed by atoms with Gasteiger partial charge in [0, 0.05) is 0 Å². The maximum Gasteiger partial charge on any atom is 0.323 e. The van der Waals surface area contributed by atoms with Crippen LogP contribution in [0.15, 0.2) is 0 Å². The maximum atomic E-state index is 13.8. The molecule has 0 aromatic carbocycles. The average molecular weight is 629 g/mol. The van der Waals surface area contributed by atoms with Crippen LogP contribution in [0.5, 0.6) is 0 Å². The number of rotatable bonds is 16. The molecule has 222 valence electrons. The van der Waals surface area contributed by atoms with E-state index < -0.39 is 68.2 Å². The number of hydrogen-bond donors (Lipinski definition) is 0. The molecule has 13 heteroatoms. The summed E-state index contributed by atoms with van der Waals surface area (Å²) in [5, 5.41) is 0. The van der Waals surface area contributed by atoms with Crippen molar-refractivity contribution in [3.05, 3.63) is 0 Å². The van der Waals surface area contributed by atoms with Crippen LogP contribution >= 0.6 is 0 Å². The molecule has 37 heavy (non-hydrogen) atoms. The second-order valence-corrected chi connectivity index (χ2v) is 42.6. The van der Waals surface area contributed by atoms with E-state index >= 15 is 0 Å². The van der Waals surface area contributed by atoms with Crippen molar-refractivity contribution in [2.45, 2.75) is 142 Å². The Kier molecular flexibility index (Phi) is 13.7. The monoisotopic (exact) mass is 628 g/mol. The van der Waals surface area contributed by atoms with Crippen LogP contribution in [0.25, 0.3) is 0 Å². The van der Waals surface area contributed by atoms with E-state index in [9.17, 15) is 4.79 Å². The summed E-state index contributed by atoms with van der Waals surface area (Å²) in [6, 6.07) is 0. The molecule has 0 amide bonds. The highest BCUT2D eigenvalue weighted by atomic mass is 28.4. The van der Waals surface area contributed by atoms with Gasteiger partial charge in [-0.3, -0.25) is 4.79 Å². The van der Waals surface area contributed by atoms with Gasteiger partial charge in [-0.05, 0) is 118 Å². The minimum atomic E-state index is -2.18. The molecule has 0 aliphatic carbocycles. The lowest BCUT2D eigenvalue weighted by Crippen LogP contribution is -2.61. The Balaban J connectivity index is 7.03. The standard InChI is InChI=1S/C24H60O7Si6/c1-32(2,3)26-19-20(27-33(4,5)6)21(28-34(7,8)9)22(29-35(10,11)12)23(30-36(13,14)15)24(25)31-37(16,17)18/h20-23H,19H2,1-18H3/t20-,21+,22+,23-/m0/s1. The predicted molar refractivity (Wildman–Crippen MR) is 172 cm³/mol. The van der Waals surface area contributed by atoms with Gasteiger partial charge in [-0.1, -0.05) is 0 Å². The molecule has 0 bridgehead atoms. The molecule has 0 aromatic rings. The van der Waals surface area contributed by atoms with Crippen LogP contribution in [0.3, 0.4) is 0 Å². The minimum Gasteiger partial charge on any atom is -0.518 e. The van der Waals surface area contributed by atoms with Crippen molar-refractivity contribution in [1.29, 1.82) is 0 Å². The molecule has 0 aromatic heterocycles. The second-order valence-electron chi connectivity index (χ2n) is 15.8. The molecule has 0 unspecified atom stereocenters. The lowest BCUT2D eigenvalue weighted by Gasteiger charge is -2.45. The molecule has 0 N–H and O–H groups in total. The van der Waals surface area contributed by atoms with Crippen molar-refractivity contribution in [3.63, 3.8) is 0 Å². The van der Waals surface area contributed by atoms with Crippen molar-refractivity contribution in [3.8, 4) is 0 Å². The van der Waals surface area contributed by atoms with E-state index in [2.05, 4.69) is 98.2 Å². The smallest absolute Gasteiger partial charge is 0.323 e. The average Bonchev–Trinajstić information content (AvgIpc) is 2.54. The zero-order valence-electron chi connectivity index (χ0n) is 27.4. The third-order valence-corrected chi connectivity index (χ3v) is 10.0. The third kappa shape index (κ3) is 19.3. The number of carbonyl (C=O) groups is 1. The van der Waals surface area contributed by atoms with Crippen molar-refractivity contribution in [2.24, 2.45) is 0 Å². The van der Waals surface area contributed by atoms with E-state index in [1.807, 2.05) is 19.6 Å². The fourth-order valence-corrected chi connectivity index (χ4v) is 9.11. The molecule has 0 rings (SSSR count). The molecule has 0 aliphatic heterocycles. The van der Waals surface area contributed by atoms with E-state index in [1.54, 1.807) is 0 Å². The van der Waals surface area contributed by atoms with Gasteiger partial charge in [-0.25, -0.2) is 0 Å². The van der Waals surface area contributed by atoms with Gasteiger partial charge in [0.2, 0.25) is 8.32 Å². The Bertz CT molecular complexity index is 710. The molecular weight excluding hydrogens is 569 g/mol. The van der Waals surface area contributed by atoms with Gasteiger partial charge in [0.1, 0.15) is 12.2 Å². The van der Waals surface area contributed by atoms with Gasteiger partial charge in [-0.2, -0.15) is 0 Å². The van der Waals surface area contributed by atoms with Crippen LogP contribution in [0.1, 0.15) is 0 Å². The first-order chi connectivity index (χ1) is 16.0. The number of carbonyl (C=O) groups excluding carboxylic acids is 1. The third-order valence-electron chi connectivity index (χ3n) is 4.27. The Morgan fingerprint density at radius 1 is 0.486 bits per heavy atom. The molecule has 0 aliphatic rings. The first-order valence-corrected chi connectivity index (χ1v) is 34.0. The number of hydrogen-bond acceptors (Lipinski definition) is 7. The van der Waals surface area contributed by atoms with Crippen LogP contribution in [0.4, 0.5) is 0 Å². The quantitative estimate of drug-likeness (QED) is 0.169. The van der Waals surface area contributed by atoms with Crippen LogP contribution < -0.4 is 0 Å². The van der Waals surface area contributed by atoms with Gasteiger partial charge in [0.05, 0.1) is 12.7 Å². The molecule has 4 atom stereocenters. The van der Waals surface area contributed by atoms with E-state index in [1.165, 1.54) is 0 Å². The molecular formula is C24H60O7Si6. The summed E-state index contributed by atoms with van der Waals surface area (Å²) in [5.74, 6) is -0.355. The first-order valence-electron chi connectivity index (χ1n) is 13.6. The van der Waals surface area contributed by atoms with E-state index in [0.29, 0.717) is 6.61 Å². The molecule has 7 nitrogen and oxygen atoms in total. The first kappa shape index (κ1) is 37.6. The second kappa shape index (κ2) is 13.5. The SMILES string of the molecule is C[Si](C)(C)OC[C@H](O[Si](C)(C)C)[C@@H](O[Si](C)(C)C)[C@@H](O[Si](C)(C)C)[C@H](O[Si](C)(C)C)C(=O)O[Si](C)(C)C. The molecule has 0 heterocycles. The lowest BCUT2D eigenvalue weighted by atomic mass is 10.0. The Labute approximate surface area is 235 Å². The van der Waals surface area contributed by atoms with Crippen LogP contribution in [0.2, 0.25) is 118 Å². The minimum absolute atomic E-state index is 0.355. The van der Waals surface area contributed by atoms with Crippen LogP contribution in [-0.4, -0.2) is 86.9 Å². The highest BCUT2D eigenvalue weighted by Gasteiger charge is 2.48. The van der Waals surface area contributed by atoms with Crippen LogP contribution in [-0.2, 0) is 31.4 Å². The molecule has 0 spiro atoms. The molecule has 0 saturated heterocycles. The predicted octanol–water partition coefficient (Wildman–Crippen LogP) is 7.10.